The van der Waals surface area contributed by atoms with Crippen molar-refractivity contribution in [3.05, 3.63) is 57.7 Å². The molecule has 0 N–H and O–H groups in total. The Morgan fingerprint density at radius 2 is 1.64 bits per heavy atom. The molecule has 0 saturated heterocycles. The van der Waals surface area contributed by atoms with Gasteiger partial charge in [0.2, 0.25) is 0 Å². The van der Waals surface area contributed by atoms with Gasteiger partial charge in [-0.15, -0.1) is 0 Å². The minimum Gasteiger partial charge on any atom is -0.290 e. The van der Waals surface area contributed by atoms with Crippen LogP contribution in [0.4, 0.5) is 0 Å². The van der Waals surface area contributed by atoms with E-state index in [4.69, 9.17) is 0 Å². The third-order valence-electron chi connectivity index (χ3n) is 2.58. The Morgan fingerprint density at radius 3 is 2.50 bits per heavy atom. The van der Waals surface area contributed by atoms with Crippen molar-refractivity contribution in [2.45, 2.75) is 0 Å². The second-order valence-electron chi connectivity index (χ2n) is 3.48. The average Bonchev–Trinajstić information content (AvgIpc) is 2.51. The van der Waals surface area contributed by atoms with Gasteiger partial charge in [-0.2, -0.15) is 0 Å². The third-order valence-corrected chi connectivity index (χ3v) is 2.58. The maximum absolute atomic E-state index is 11.3. The molecule has 2 aromatic carbocycles. The van der Waals surface area contributed by atoms with E-state index in [0.717, 1.165) is 10.9 Å². The fourth-order valence-electron chi connectivity index (χ4n) is 1.96. The van der Waals surface area contributed by atoms with E-state index in [2.05, 4.69) is 18.2 Å². The van der Waals surface area contributed by atoms with Crippen LogP contribution in [-0.4, -0.2) is 0 Å². The molecule has 2 aromatic rings. The summed E-state index contributed by atoms with van der Waals surface area (Å²) in [6, 6.07) is 11.2. The van der Waals surface area contributed by atoms with Crippen molar-refractivity contribution < 1.29 is 0 Å². The summed E-state index contributed by atoms with van der Waals surface area (Å²) in [5, 5.41) is 2.21. The molecule has 0 heterocycles. The minimum atomic E-state index is 0.0636. The van der Waals surface area contributed by atoms with Gasteiger partial charge in [0.05, 0.1) is 0 Å². The molecule has 3 rings (SSSR count). The number of hydrogen-bond donors (Lipinski definition) is 0. The van der Waals surface area contributed by atoms with Crippen LogP contribution in [0.2, 0.25) is 0 Å². The van der Waals surface area contributed by atoms with Crippen molar-refractivity contribution in [3.63, 3.8) is 0 Å². The summed E-state index contributed by atoms with van der Waals surface area (Å²) in [5.74, 6) is 0. The van der Waals surface area contributed by atoms with E-state index >= 15 is 0 Å². The lowest BCUT2D eigenvalue weighted by atomic mass is 10.1. The Balaban J connectivity index is 2.67. The summed E-state index contributed by atoms with van der Waals surface area (Å²) in [5.41, 5.74) is 2.40. The zero-order valence-electron chi connectivity index (χ0n) is 7.53. The SMILES string of the molecule is O=c1ccc2c3c(cccc3c1)C=C2. The van der Waals surface area contributed by atoms with Crippen molar-refractivity contribution >= 4 is 22.9 Å². The molecule has 1 aliphatic rings. The van der Waals surface area contributed by atoms with E-state index in [1.807, 2.05) is 18.2 Å². The monoisotopic (exact) mass is 180 g/mol. The molecule has 14 heavy (non-hydrogen) atoms. The fourth-order valence-corrected chi connectivity index (χ4v) is 1.96. The maximum atomic E-state index is 11.3. The Morgan fingerprint density at radius 1 is 0.857 bits per heavy atom. The zero-order chi connectivity index (χ0) is 9.54. The molecule has 1 aliphatic carbocycles. The van der Waals surface area contributed by atoms with Gasteiger partial charge in [0.25, 0.3) is 0 Å². The summed E-state index contributed by atoms with van der Waals surface area (Å²) in [7, 11) is 0. The first-order valence-electron chi connectivity index (χ1n) is 4.60. The van der Waals surface area contributed by atoms with Gasteiger partial charge in [-0.3, -0.25) is 4.79 Å². The van der Waals surface area contributed by atoms with E-state index in [1.54, 1.807) is 12.1 Å². The topological polar surface area (TPSA) is 17.1 Å². The van der Waals surface area contributed by atoms with Crippen molar-refractivity contribution in [2.24, 2.45) is 0 Å². The second kappa shape index (κ2) is 2.55. The molecule has 66 valence electrons. The molecule has 0 aliphatic heterocycles. The lowest BCUT2D eigenvalue weighted by Crippen LogP contribution is -1.89. The largest absolute Gasteiger partial charge is 0.290 e. The Kier molecular flexibility index (Phi) is 1.37. The van der Waals surface area contributed by atoms with Gasteiger partial charge in [0.15, 0.2) is 5.43 Å². The van der Waals surface area contributed by atoms with Gasteiger partial charge in [-0.1, -0.05) is 36.4 Å². The van der Waals surface area contributed by atoms with Crippen molar-refractivity contribution in [1.29, 1.82) is 0 Å². The number of hydrogen-bond acceptors (Lipinski definition) is 1. The lowest BCUT2D eigenvalue weighted by molar-refractivity contribution is 1.69. The predicted octanol–water partition coefficient (Wildman–Crippen LogP) is 2.68. The summed E-state index contributed by atoms with van der Waals surface area (Å²) in [6.07, 6.45) is 4.14. The van der Waals surface area contributed by atoms with Gasteiger partial charge in [0.1, 0.15) is 0 Å². The number of benzene rings is 1. The molecule has 0 spiro atoms. The van der Waals surface area contributed by atoms with E-state index in [1.165, 1.54) is 10.9 Å². The molecule has 0 saturated carbocycles. The maximum Gasteiger partial charge on any atom is 0.179 e. The smallest absolute Gasteiger partial charge is 0.179 e. The molecule has 0 fully saturated rings. The summed E-state index contributed by atoms with van der Waals surface area (Å²) in [6.45, 7) is 0. The molecule has 1 heteroatoms. The molecule has 0 unspecified atom stereocenters. The first-order valence-corrected chi connectivity index (χ1v) is 4.60. The molecule has 0 bridgehead atoms. The highest BCUT2D eigenvalue weighted by Crippen LogP contribution is 2.28. The second-order valence-corrected chi connectivity index (χ2v) is 3.48. The van der Waals surface area contributed by atoms with Crippen LogP contribution in [0.15, 0.2) is 41.2 Å². The highest BCUT2D eigenvalue weighted by molar-refractivity contribution is 6.04. The first kappa shape index (κ1) is 7.51. The van der Waals surface area contributed by atoms with Crippen LogP contribution >= 0.6 is 0 Å². The zero-order valence-corrected chi connectivity index (χ0v) is 7.53. The Hall–Kier alpha value is -1.89. The van der Waals surface area contributed by atoms with Crippen LogP contribution in [0, 0.1) is 0 Å². The highest BCUT2D eigenvalue weighted by Gasteiger charge is 2.06. The molecule has 1 nitrogen and oxygen atoms in total. The van der Waals surface area contributed by atoms with Crippen LogP contribution in [0.25, 0.3) is 22.9 Å². The van der Waals surface area contributed by atoms with Crippen LogP contribution in [0.3, 0.4) is 0 Å². The van der Waals surface area contributed by atoms with E-state index in [0.29, 0.717) is 0 Å². The van der Waals surface area contributed by atoms with E-state index in [-0.39, 0.29) is 5.43 Å². The van der Waals surface area contributed by atoms with Gasteiger partial charge in [-0.05, 0) is 34.0 Å². The van der Waals surface area contributed by atoms with E-state index in [9.17, 15) is 4.79 Å². The molecule has 0 aromatic heterocycles. The molecular weight excluding hydrogens is 172 g/mol. The highest BCUT2D eigenvalue weighted by atomic mass is 16.1. The fraction of sp³-hybridized carbons (Fsp3) is 0. The normalized spacial score (nSPS) is 12.3. The van der Waals surface area contributed by atoms with Crippen molar-refractivity contribution in [2.75, 3.05) is 0 Å². The molecule has 0 atom stereocenters. The van der Waals surface area contributed by atoms with E-state index < -0.39 is 0 Å². The summed E-state index contributed by atoms with van der Waals surface area (Å²) < 4.78 is 0. The predicted molar refractivity (Wildman–Crippen MR) is 59.1 cm³/mol. The van der Waals surface area contributed by atoms with Crippen LogP contribution in [0.1, 0.15) is 11.1 Å². The van der Waals surface area contributed by atoms with Crippen molar-refractivity contribution in [3.8, 4) is 0 Å². The molecule has 0 amide bonds. The first-order chi connectivity index (χ1) is 6.84. The molecular formula is C13H8O. The molecule has 0 radical (unpaired) electrons. The minimum absolute atomic E-state index is 0.0636. The quantitative estimate of drug-likeness (QED) is 0.519. The number of rotatable bonds is 0. The standard InChI is InChI=1S/C13H8O/c14-12-7-6-10-5-4-9-2-1-3-11(8-12)13(9)10/h1-8H. The van der Waals surface area contributed by atoms with Gasteiger partial charge >= 0.3 is 0 Å². The van der Waals surface area contributed by atoms with Crippen LogP contribution < -0.4 is 5.43 Å². The van der Waals surface area contributed by atoms with Crippen LogP contribution in [-0.2, 0) is 0 Å². The lowest BCUT2D eigenvalue weighted by Gasteiger charge is -1.95. The third kappa shape index (κ3) is 0.925. The van der Waals surface area contributed by atoms with Crippen LogP contribution in [0.5, 0.6) is 0 Å². The summed E-state index contributed by atoms with van der Waals surface area (Å²) in [4.78, 5) is 11.3. The Bertz CT molecular complexity index is 609. The Labute approximate surface area is 81.3 Å². The average molecular weight is 180 g/mol. The van der Waals surface area contributed by atoms with Gasteiger partial charge < -0.3 is 0 Å². The van der Waals surface area contributed by atoms with Gasteiger partial charge in [-0.25, -0.2) is 0 Å². The van der Waals surface area contributed by atoms with Crippen molar-refractivity contribution in [1.82, 2.24) is 0 Å². The van der Waals surface area contributed by atoms with Gasteiger partial charge in [0, 0.05) is 0 Å². The summed E-state index contributed by atoms with van der Waals surface area (Å²) >= 11 is 0.